The van der Waals surface area contributed by atoms with Gasteiger partial charge in [-0.15, -0.1) is 0 Å². The van der Waals surface area contributed by atoms with Crippen LogP contribution in [-0.2, 0) is 15.4 Å². The van der Waals surface area contributed by atoms with Crippen LogP contribution in [0.5, 0.6) is 11.5 Å². The van der Waals surface area contributed by atoms with E-state index < -0.39 is 28.9 Å². The first-order valence-corrected chi connectivity index (χ1v) is 12.5. The molecule has 1 saturated heterocycles. The normalized spacial score (nSPS) is 15.2. The summed E-state index contributed by atoms with van der Waals surface area (Å²) in [5, 5.41) is 13.6. The molecule has 0 spiro atoms. The van der Waals surface area contributed by atoms with Crippen LogP contribution in [0.15, 0.2) is 24.3 Å². The second kappa shape index (κ2) is 11.0. The fourth-order valence-electron chi connectivity index (χ4n) is 4.14. The first-order valence-electron chi connectivity index (χ1n) is 12.5. The molecule has 1 aliphatic heterocycles. The van der Waals surface area contributed by atoms with Gasteiger partial charge < -0.3 is 35.1 Å². The van der Waals surface area contributed by atoms with E-state index in [0.717, 1.165) is 19.9 Å². The number of benzene rings is 2. The number of anilines is 2. The van der Waals surface area contributed by atoms with Crippen LogP contribution in [-0.4, -0.2) is 60.3 Å². The van der Waals surface area contributed by atoms with Gasteiger partial charge in [0.05, 0.1) is 44.1 Å². The number of hydrogen-bond donors (Lipinski definition) is 3. The van der Waals surface area contributed by atoms with Gasteiger partial charge in [-0.2, -0.15) is 8.78 Å². The number of fused-ring (bicyclic) bond motifs is 1. The summed E-state index contributed by atoms with van der Waals surface area (Å²) in [6, 6.07) is 4.66. The average molecular weight is 551 g/mol. The molecule has 2 aromatic carbocycles. The highest BCUT2D eigenvalue weighted by Gasteiger charge is 2.49. The fourth-order valence-corrected chi connectivity index (χ4v) is 4.14. The molecule has 0 saturated carbocycles. The van der Waals surface area contributed by atoms with Crippen molar-refractivity contribution < 1.29 is 37.2 Å². The van der Waals surface area contributed by atoms with Crippen LogP contribution < -0.4 is 20.5 Å². The highest BCUT2D eigenvalue weighted by Crippen LogP contribution is 2.43. The predicted molar refractivity (Wildman–Crippen MR) is 140 cm³/mol. The Morgan fingerprint density at radius 3 is 2.49 bits per heavy atom. The highest BCUT2D eigenvalue weighted by molar-refractivity contribution is 5.92. The van der Waals surface area contributed by atoms with Gasteiger partial charge in [0.25, 0.3) is 0 Å². The molecule has 0 radical (unpaired) electrons. The van der Waals surface area contributed by atoms with E-state index in [1.165, 1.54) is 13.2 Å². The summed E-state index contributed by atoms with van der Waals surface area (Å²) in [6.45, 7) is 6.85. The molecule has 212 valence electrons. The number of ether oxygens (including phenoxy) is 4. The Kier molecular flexibility index (Phi) is 8.10. The molecule has 12 heteroatoms. The Morgan fingerprint density at radius 2 is 1.87 bits per heavy atom. The summed E-state index contributed by atoms with van der Waals surface area (Å²) in [5.74, 6) is -3.44. The summed E-state index contributed by atoms with van der Waals surface area (Å²) in [4.78, 5) is 8.93. The number of aliphatic hydroxyl groups is 1. The van der Waals surface area contributed by atoms with Gasteiger partial charge in [0.1, 0.15) is 35.8 Å². The molecule has 1 atom stereocenters. The first kappa shape index (κ1) is 28.7. The topological polar surface area (TPSA) is 121 Å². The zero-order valence-corrected chi connectivity index (χ0v) is 22.5. The number of alkyl halides is 2. The summed E-state index contributed by atoms with van der Waals surface area (Å²) in [6.07, 6.45) is 0.0668. The Hall–Kier alpha value is -3.35. The van der Waals surface area contributed by atoms with Gasteiger partial charge in [0.15, 0.2) is 11.5 Å². The third kappa shape index (κ3) is 5.97. The van der Waals surface area contributed by atoms with Crippen molar-refractivity contribution in [2.75, 3.05) is 44.6 Å². The minimum Gasteiger partial charge on any atom is -0.493 e. The zero-order chi connectivity index (χ0) is 28.5. The van der Waals surface area contributed by atoms with Gasteiger partial charge in [0, 0.05) is 22.7 Å². The average Bonchev–Trinajstić information content (AvgIpc) is 2.82. The van der Waals surface area contributed by atoms with Crippen molar-refractivity contribution >= 4 is 22.4 Å². The Labute approximate surface area is 224 Å². The van der Waals surface area contributed by atoms with Crippen molar-refractivity contribution in [1.29, 1.82) is 0 Å². The van der Waals surface area contributed by atoms with Crippen molar-refractivity contribution in [3.8, 4) is 11.5 Å². The lowest BCUT2D eigenvalue weighted by Crippen LogP contribution is -2.41. The quantitative estimate of drug-likeness (QED) is 0.234. The second-order valence-corrected chi connectivity index (χ2v) is 9.99. The molecule has 39 heavy (non-hydrogen) atoms. The lowest BCUT2D eigenvalue weighted by atomic mass is 9.90. The van der Waals surface area contributed by atoms with E-state index >= 15 is 4.39 Å². The van der Waals surface area contributed by atoms with E-state index in [4.69, 9.17) is 24.7 Å². The molecule has 3 aromatic rings. The van der Waals surface area contributed by atoms with Crippen LogP contribution in [0, 0.1) is 12.7 Å². The van der Waals surface area contributed by atoms with Crippen molar-refractivity contribution in [2.24, 2.45) is 0 Å². The first-order chi connectivity index (χ1) is 18.3. The number of nitrogens with zero attached hydrogens (tertiary/aromatic N) is 2. The number of methoxy groups -OCH3 is 1. The highest BCUT2D eigenvalue weighted by atomic mass is 19.3. The van der Waals surface area contributed by atoms with Crippen molar-refractivity contribution in [3.05, 3.63) is 47.0 Å². The van der Waals surface area contributed by atoms with E-state index in [-0.39, 0.29) is 24.0 Å². The number of halogens is 3. The van der Waals surface area contributed by atoms with Gasteiger partial charge >= 0.3 is 5.92 Å². The number of nitrogen functional groups attached to an aromatic ring is 1. The SMILES string of the molecule is COc1cc2nc(C)nc(N[C@H](C)c3cc(N)cc(C(F)(F)C(C)(C)O)c3F)c2cc1OCCOC1COC1. The fraction of sp³-hybridized carbons (Fsp3) is 0.481. The van der Waals surface area contributed by atoms with Crippen LogP contribution in [0.1, 0.15) is 43.8 Å². The van der Waals surface area contributed by atoms with Gasteiger partial charge in [-0.3, -0.25) is 0 Å². The van der Waals surface area contributed by atoms with Crippen molar-refractivity contribution in [3.63, 3.8) is 0 Å². The maximum absolute atomic E-state index is 15.5. The van der Waals surface area contributed by atoms with Crippen LogP contribution in [0.3, 0.4) is 0 Å². The molecule has 0 bridgehead atoms. The van der Waals surface area contributed by atoms with E-state index in [1.54, 1.807) is 26.0 Å². The Morgan fingerprint density at radius 1 is 1.15 bits per heavy atom. The number of aryl methyl sites for hydroxylation is 1. The van der Waals surface area contributed by atoms with Gasteiger partial charge in [-0.1, -0.05) is 0 Å². The molecule has 1 aliphatic rings. The predicted octanol–water partition coefficient (Wildman–Crippen LogP) is 4.50. The molecule has 9 nitrogen and oxygen atoms in total. The number of nitrogens with two attached hydrogens (primary N) is 1. The molecular formula is C27H33F3N4O5. The Bertz CT molecular complexity index is 1350. The molecule has 1 fully saturated rings. The maximum atomic E-state index is 15.5. The van der Waals surface area contributed by atoms with Crippen LogP contribution >= 0.6 is 0 Å². The molecule has 0 unspecified atom stereocenters. The summed E-state index contributed by atoms with van der Waals surface area (Å²) < 4.78 is 67.4. The van der Waals surface area contributed by atoms with Crippen LogP contribution in [0.4, 0.5) is 24.7 Å². The summed E-state index contributed by atoms with van der Waals surface area (Å²) >= 11 is 0. The van der Waals surface area contributed by atoms with Gasteiger partial charge in [0.2, 0.25) is 0 Å². The molecule has 2 heterocycles. The van der Waals surface area contributed by atoms with Crippen LogP contribution in [0.25, 0.3) is 10.9 Å². The van der Waals surface area contributed by atoms with E-state index in [0.29, 0.717) is 53.9 Å². The molecular weight excluding hydrogens is 517 g/mol. The number of aromatic nitrogens is 2. The lowest BCUT2D eigenvalue weighted by Gasteiger charge is -2.30. The largest absolute Gasteiger partial charge is 0.493 e. The monoisotopic (exact) mass is 550 g/mol. The molecule has 1 aromatic heterocycles. The third-order valence-corrected chi connectivity index (χ3v) is 6.44. The smallest absolute Gasteiger partial charge is 0.303 e. The third-order valence-electron chi connectivity index (χ3n) is 6.44. The number of nitrogens with one attached hydrogen (secondary N) is 1. The number of hydrogen-bond acceptors (Lipinski definition) is 9. The summed E-state index contributed by atoms with van der Waals surface area (Å²) in [5.41, 5.74) is 2.73. The molecule has 0 amide bonds. The molecule has 0 aliphatic carbocycles. The molecule has 4 rings (SSSR count). The Balaban J connectivity index is 1.66. The number of rotatable bonds is 11. The maximum Gasteiger partial charge on any atom is 0.303 e. The zero-order valence-electron chi connectivity index (χ0n) is 22.5. The van der Waals surface area contributed by atoms with Crippen LogP contribution in [0.2, 0.25) is 0 Å². The summed E-state index contributed by atoms with van der Waals surface area (Å²) in [7, 11) is 1.51. The van der Waals surface area contributed by atoms with Crippen molar-refractivity contribution in [1.82, 2.24) is 9.97 Å². The van der Waals surface area contributed by atoms with E-state index in [2.05, 4.69) is 15.3 Å². The molecule has 4 N–H and O–H groups in total. The van der Waals surface area contributed by atoms with E-state index in [1.807, 2.05) is 0 Å². The lowest BCUT2D eigenvalue weighted by molar-refractivity contribution is -0.170. The minimum absolute atomic E-state index is 0.0668. The van der Waals surface area contributed by atoms with Gasteiger partial charge in [-0.25, -0.2) is 14.4 Å². The standard InChI is InChI=1S/C27H33F3N4O5/c1-14(18-8-16(31)9-20(24(18)28)27(29,30)26(3,4)35)32-25-19-10-23(39-7-6-38-17-12-37-13-17)22(36-5)11-21(19)33-15(2)34-25/h8-11,14,17,35H,6-7,12-13,31H2,1-5H3,(H,32,33,34)/t14-/m1/s1. The second-order valence-electron chi connectivity index (χ2n) is 9.99. The van der Waals surface area contributed by atoms with Gasteiger partial charge in [-0.05, 0) is 45.9 Å². The van der Waals surface area contributed by atoms with E-state index in [9.17, 15) is 13.9 Å². The minimum atomic E-state index is -3.89. The van der Waals surface area contributed by atoms with Crippen molar-refractivity contribution in [2.45, 2.75) is 51.4 Å².